The van der Waals surface area contributed by atoms with Gasteiger partial charge in [0.2, 0.25) is 6.79 Å². The first-order valence-electron chi connectivity index (χ1n) is 44.4. The lowest BCUT2D eigenvalue weighted by atomic mass is 9.56. The lowest BCUT2D eigenvalue weighted by molar-refractivity contribution is -0.0557. The van der Waals surface area contributed by atoms with Crippen LogP contribution in [0.2, 0.25) is 0 Å². The molecular weight excluding hydrogens is 1700 g/mol. The highest BCUT2D eigenvalue weighted by Crippen LogP contribution is 2.56. The fraction of sp³-hybridized carbons (Fsp3) is 0.219. The first-order valence-corrected chi connectivity index (χ1v) is 44.4. The fourth-order valence-corrected chi connectivity index (χ4v) is 17.8. The molecule has 23 rings (SSSR count). The van der Waals surface area contributed by atoms with Crippen molar-refractivity contribution in [1.29, 1.82) is 0 Å². The van der Waals surface area contributed by atoms with Crippen LogP contribution in [0, 0.1) is 11.3 Å². The van der Waals surface area contributed by atoms with Crippen LogP contribution < -0.4 is 20.1 Å². The van der Waals surface area contributed by atoms with Gasteiger partial charge in [0.25, 0.3) is 41.4 Å². The first-order chi connectivity index (χ1) is 65.5. The number of nitrogens with zero attached hydrogens (tertiary/aromatic N) is 13. The van der Waals surface area contributed by atoms with E-state index < -0.39 is 0 Å². The second kappa shape index (κ2) is 38.7. The maximum absolute atomic E-state index is 12.8. The van der Waals surface area contributed by atoms with E-state index in [2.05, 4.69) is 125 Å². The number of pyridine rings is 1. The molecule has 1 spiro atoms. The van der Waals surface area contributed by atoms with Crippen molar-refractivity contribution in [2.24, 2.45) is 18.4 Å². The van der Waals surface area contributed by atoms with E-state index in [1.54, 1.807) is 120 Å². The Morgan fingerprint density at radius 3 is 1.11 bits per heavy atom. The molecule has 0 bridgehead atoms. The molecule has 7 aliphatic rings. The summed E-state index contributed by atoms with van der Waals surface area (Å²) in [7, 11) is 5.07. The van der Waals surface area contributed by atoms with Gasteiger partial charge in [-0.25, -0.2) is 0 Å². The topological polar surface area (TPSA) is 339 Å². The van der Waals surface area contributed by atoms with Crippen molar-refractivity contribution in [1.82, 2.24) is 75.7 Å². The van der Waals surface area contributed by atoms with Gasteiger partial charge in [-0.05, 0) is 120 Å². The number of benzene rings is 9. The zero-order valence-corrected chi connectivity index (χ0v) is 73.6. The minimum Gasteiger partial charge on any atom is -0.454 e. The summed E-state index contributed by atoms with van der Waals surface area (Å²) >= 11 is 0. The smallest absolute Gasteiger partial charge is 0.276 e. The molecule has 1 saturated carbocycles. The molecule has 134 heavy (non-hydrogen) atoms. The van der Waals surface area contributed by atoms with Crippen molar-refractivity contribution in [2.75, 3.05) is 86.3 Å². The van der Waals surface area contributed by atoms with E-state index in [0.717, 1.165) is 97.3 Å². The Labute approximate surface area is 770 Å². The molecule has 9 aromatic carbocycles. The zero-order valence-electron chi connectivity index (χ0n) is 73.6. The number of aryl methyl sites for hydroxylation is 1. The predicted molar refractivity (Wildman–Crippen MR) is 496 cm³/mol. The molecule has 0 atom stereocenters. The maximum Gasteiger partial charge on any atom is 0.276 e. The van der Waals surface area contributed by atoms with Gasteiger partial charge in [0.1, 0.15) is 0 Å². The highest BCUT2D eigenvalue weighted by Gasteiger charge is 2.54. The molecule has 0 unspecified atom stereocenters. The third-order valence-corrected chi connectivity index (χ3v) is 25.5. The van der Waals surface area contributed by atoms with Gasteiger partial charge in [-0.15, -0.1) is 0 Å². The summed E-state index contributed by atoms with van der Waals surface area (Å²) in [4.78, 5) is 99.3. The highest BCUT2D eigenvalue weighted by atomic mass is 16.7. The first kappa shape index (κ1) is 86.9. The molecule has 6 fully saturated rings. The van der Waals surface area contributed by atoms with Crippen molar-refractivity contribution < 1.29 is 65.7 Å². The van der Waals surface area contributed by atoms with E-state index in [1.807, 2.05) is 149 Å². The average molecular weight is 1790 g/mol. The maximum atomic E-state index is 12.8. The summed E-state index contributed by atoms with van der Waals surface area (Å²) in [6, 6.07) is 89.2. The van der Waals surface area contributed by atoms with Gasteiger partial charge in [-0.1, -0.05) is 214 Å². The minimum absolute atomic E-state index is 0.0606. The third-order valence-electron chi connectivity index (χ3n) is 25.5. The zero-order chi connectivity index (χ0) is 91.8. The van der Waals surface area contributed by atoms with Gasteiger partial charge < -0.3 is 67.2 Å². The number of ether oxygens (including phenoxy) is 2. The van der Waals surface area contributed by atoms with Crippen molar-refractivity contribution >= 4 is 52.3 Å². The monoisotopic (exact) mass is 1790 g/mol. The van der Waals surface area contributed by atoms with Crippen LogP contribution in [-0.2, 0) is 13.5 Å². The molecule has 1 aliphatic carbocycles. The van der Waals surface area contributed by atoms with Gasteiger partial charge in [-0.2, -0.15) is 5.10 Å². The Hall–Kier alpha value is -16.5. The number of hydrogen-bond acceptors (Lipinski definition) is 21. The number of hydrogen-bond donors (Lipinski definition) is 2. The SMILES string of the molecule is CNC(=O)c1ccc(-c2cc(C(=O)N3CC(Cc4ccccc4)C3)no2)cc1.CNC(=O)c1ccc(-c2cc(C(=O)N3CC(c4ccccc4)C3)no2)cc1.Cn1ncc2ccc(-c3cc(C(=O)N4CC(c5ccccc5)C4)no3)cc21.O=C(c1cc(-c2ccc3c(c2)OCO3)on1)N1CC2(CC(c3ccccc3)C2)C1.O=C(c1cc(-c2ccncc2)on1)N1CC(c2ccccc2)C1. The number of aromatic nitrogens is 8. The summed E-state index contributed by atoms with van der Waals surface area (Å²) < 4.78 is 39.4. The molecule has 13 heterocycles. The Bertz CT molecular complexity index is 6850. The second-order valence-corrected chi connectivity index (χ2v) is 34.4. The molecule has 0 radical (unpaired) electrons. The number of amides is 7. The number of likely N-dealkylation sites (tertiary alicyclic amines) is 5. The Morgan fingerprint density at radius 1 is 0.358 bits per heavy atom. The van der Waals surface area contributed by atoms with Crippen LogP contribution in [0.3, 0.4) is 0 Å². The highest BCUT2D eigenvalue weighted by molar-refractivity contribution is 5.98. The Morgan fingerprint density at radius 2 is 0.701 bits per heavy atom. The molecule has 16 aromatic rings. The molecule has 7 amide bonds. The summed E-state index contributed by atoms with van der Waals surface area (Å²) in [5.41, 5.74) is 14.7. The van der Waals surface area contributed by atoms with Gasteiger partial charge in [0.05, 0.1) is 11.7 Å². The molecule has 672 valence electrons. The van der Waals surface area contributed by atoms with E-state index in [-0.39, 0.29) is 48.1 Å². The molecule has 6 aliphatic heterocycles. The quantitative estimate of drug-likeness (QED) is 0.0806. The summed E-state index contributed by atoms with van der Waals surface area (Å²) in [5.74, 6) is 5.63. The lowest BCUT2D eigenvalue weighted by Crippen LogP contribution is -2.63. The summed E-state index contributed by atoms with van der Waals surface area (Å²) in [6.45, 7) is 7.55. The van der Waals surface area contributed by atoms with Gasteiger partial charge in [0.15, 0.2) is 68.8 Å². The Kier molecular flexibility index (Phi) is 25.1. The number of carbonyl (C=O) groups is 7. The fourth-order valence-electron chi connectivity index (χ4n) is 17.8. The molecule has 2 N–H and O–H groups in total. The predicted octanol–water partition coefficient (Wildman–Crippen LogP) is 16.5. The van der Waals surface area contributed by atoms with Crippen molar-refractivity contribution in [3.8, 4) is 68.1 Å². The summed E-state index contributed by atoms with van der Waals surface area (Å²) in [5, 5.41) is 30.2. The van der Waals surface area contributed by atoms with Crippen LogP contribution in [0.5, 0.6) is 11.5 Å². The molecule has 29 heteroatoms. The Balaban J connectivity index is 0.000000108. The standard InChI is InChI=1S/C23H20N2O4.C22H21N3O3.C21H18N4O2.C21H19N3O3.C18H15N3O2/c26-22(25-12-23(13-25)10-17(11-23)15-4-2-1-3-5-15)18-9-20(29-24-18)16-6-7-19-21(8-16)28-14-27-19;1-23-21(26)18-9-7-17(8-10-18)20-12-19(24-28-20)22(27)25-13-16(14-25)11-15-5-3-2-4-6-15;1-24-19-9-15(7-8-16(19)11-22-24)20-10-18(23-27-20)21(26)25-12-17(13-25)14-5-3-2-4-6-14;1-22-20(25)16-9-7-15(8-10-16)19-11-18(23-27-19)21(26)24-12-17(13-24)14-5-3-2-4-6-14;22-18(21-11-15(12-21)13-4-2-1-3-5-13)16-10-17(23-20-16)14-6-8-19-9-7-14/h1-9,17H,10-14H2;2-10,12,16H,11,13-14H2,1H3,(H,23,26);2-11,17H,12-13H2,1H3;2-11,17H,12-13H2,1H3,(H,22,25);1-10,15H,11-12H2. The summed E-state index contributed by atoms with van der Waals surface area (Å²) in [6.07, 6.45) is 8.47. The average Bonchev–Trinajstić information content (AvgIpc) is 1.16. The van der Waals surface area contributed by atoms with Crippen molar-refractivity contribution in [3.05, 3.63) is 365 Å². The van der Waals surface area contributed by atoms with Crippen LogP contribution >= 0.6 is 0 Å². The van der Waals surface area contributed by atoms with Gasteiger partial charge in [0, 0.05) is 197 Å². The largest absolute Gasteiger partial charge is 0.454 e. The van der Waals surface area contributed by atoms with Crippen LogP contribution in [0.25, 0.3) is 67.5 Å². The van der Waals surface area contributed by atoms with Crippen molar-refractivity contribution in [2.45, 2.75) is 42.9 Å². The van der Waals surface area contributed by atoms with Crippen LogP contribution in [0.4, 0.5) is 0 Å². The van der Waals surface area contributed by atoms with Gasteiger partial charge in [-0.3, -0.25) is 43.2 Å². The molecule has 29 nitrogen and oxygen atoms in total. The van der Waals surface area contributed by atoms with Gasteiger partial charge >= 0.3 is 0 Å². The van der Waals surface area contributed by atoms with Crippen molar-refractivity contribution in [3.63, 3.8) is 0 Å². The lowest BCUT2D eigenvalue weighted by Gasteiger charge is -2.59. The number of fused-ring (bicyclic) bond motifs is 2. The number of rotatable bonds is 18. The molecular formula is C105H93N15O14. The van der Waals surface area contributed by atoms with Crippen LogP contribution in [0.15, 0.2) is 320 Å². The molecule has 5 saturated heterocycles. The number of carbonyl (C=O) groups excluding carboxylic acids is 7. The minimum atomic E-state index is -0.152. The van der Waals surface area contributed by atoms with E-state index in [4.69, 9.17) is 32.1 Å². The third kappa shape index (κ3) is 19.1. The number of nitrogens with one attached hydrogen (secondary N) is 2. The van der Waals surface area contributed by atoms with E-state index in [9.17, 15) is 33.6 Å². The van der Waals surface area contributed by atoms with Crippen LogP contribution in [0.1, 0.15) is 137 Å². The molecule has 7 aromatic heterocycles. The van der Waals surface area contributed by atoms with E-state index in [0.29, 0.717) is 141 Å². The van der Waals surface area contributed by atoms with E-state index in [1.165, 1.54) is 27.8 Å². The van der Waals surface area contributed by atoms with E-state index >= 15 is 0 Å². The second-order valence-electron chi connectivity index (χ2n) is 34.4. The van der Waals surface area contributed by atoms with Crippen LogP contribution in [-0.4, -0.2) is 193 Å². The normalized spacial score (nSPS) is 15.2.